The second-order valence-corrected chi connectivity index (χ2v) is 2.95. The van der Waals surface area contributed by atoms with Crippen molar-refractivity contribution in [2.24, 2.45) is 0 Å². The first-order valence-corrected chi connectivity index (χ1v) is 4.02. The molecule has 0 aliphatic heterocycles. The molecule has 0 atom stereocenters. The third-order valence-corrected chi connectivity index (χ3v) is 2.17. The standard InChI is InChI=1S/C10H11O/c11-10-7-3-5-8-4-1-2-6-9(8)10/h3,5-7,11H,1-2,4H2. The molecule has 1 aliphatic carbocycles. The third kappa shape index (κ3) is 1.11. The van der Waals surface area contributed by atoms with Gasteiger partial charge >= 0.3 is 0 Å². The van der Waals surface area contributed by atoms with Crippen molar-refractivity contribution in [2.75, 3.05) is 0 Å². The summed E-state index contributed by atoms with van der Waals surface area (Å²) in [6.07, 6.45) is 5.55. The predicted octanol–water partition coefficient (Wildman–Crippen LogP) is 2.28. The van der Waals surface area contributed by atoms with E-state index in [0.29, 0.717) is 5.75 Å². The zero-order valence-electron chi connectivity index (χ0n) is 6.38. The number of aryl methyl sites for hydroxylation is 1. The fraction of sp³-hybridized carbons (Fsp3) is 0.300. The van der Waals surface area contributed by atoms with Crippen molar-refractivity contribution < 1.29 is 5.11 Å². The average molecular weight is 147 g/mol. The molecule has 1 radical (unpaired) electrons. The van der Waals surface area contributed by atoms with Gasteiger partial charge < -0.3 is 5.11 Å². The lowest BCUT2D eigenvalue weighted by Gasteiger charge is -2.15. The van der Waals surface area contributed by atoms with Gasteiger partial charge in [-0.25, -0.2) is 0 Å². The number of hydrogen-bond donors (Lipinski definition) is 1. The second-order valence-electron chi connectivity index (χ2n) is 2.95. The van der Waals surface area contributed by atoms with Gasteiger partial charge in [0.05, 0.1) is 0 Å². The molecule has 1 nitrogen and oxygen atoms in total. The number of benzene rings is 1. The summed E-state index contributed by atoms with van der Waals surface area (Å²) >= 11 is 0. The summed E-state index contributed by atoms with van der Waals surface area (Å²) in [6.45, 7) is 0. The summed E-state index contributed by atoms with van der Waals surface area (Å²) < 4.78 is 0. The minimum absolute atomic E-state index is 0.433. The molecular weight excluding hydrogens is 136 g/mol. The molecule has 0 aromatic heterocycles. The number of fused-ring (bicyclic) bond motifs is 1. The molecular formula is C10H11O. The van der Waals surface area contributed by atoms with E-state index in [-0.39, 0.29) is 0 Å². The molecule has 0 unspecified atom stereocenters. The fourth-order valence-corrected chi connectivity index (χ4v) is 1.59. The molecule has 0 amide bonds. The molecule has 2 rings (SSSR count). The summed E-state index contributed by atoms with van der Waals surface area (Å²) in [5, 5.41) is 9.43. The molecule has 1 heteroatoms. The quantitative estimate of drug-likeness (QED) is 0.597. The number of phenolic OH excluding ortho intramolecular Hbond substituents is 1. The van der Waals surface area contributed by atoms with Crippen LogP contribution in [0.2, 0.25) is 0 Å². The highest BCUT2D eigenvalue weighted by atomic mass is 16.3. The largest absolute Gasteiger partial charge is 0.508 e. The maximum absolute atomic E-state index is 9.43. The van der Waals surface area contributed by atoms with E-state index >= 15 is 0 Å². The van der Waals surface area contributed by atoms with E-state index in [4.69, 9.17) is 0 Å². The van der Waals surface area contributed by atoms with Crippen LogP contribution in [0, 0.1) is 6.42 Å². The topological polar surface area (TPSA) is 20.2 Å². The van der Waals surface area contributed by atoms with Gasteiger partial charge in [0.2, 0.25) is 0 Å². The summed E-state index contributed by atoms with van der Waals surface area (Å²) in [5.74, 6) is 0.433. The Hall–Kier alpha value is -0.980. The molecule has 1 N–H and O–H groups in total. The lowest BCUT2D eigenvalue weighted by Crippen LogP contribution is -1.99. The van der Waals surface area contributed by atoms with Crippen LogP contribution in [-0.4, -0.2) is 5.11 Å². The molecule has 1 aromatic carbocycles. The van der Waals surface area contributed by atoms with Crippen molar-refractivity contribution in [3.63, 3.8) is 0 Å². The van der Waals surface area contributed by atoms with Crippen LogP contribution in [0.5, 0.6) is 5.75 Å². The van der Waals surface area contributed by atoms with E-state index in [9.17, 15) is 5.11 Å². The molecule has 0 spiro atoms. The Bertz CT molecular complexity index is 266. The maximum Gasteiger partial charge on any atom is 0.119 e. The van der Waals surface area contributed by atoms with Crippen LogP contribution in [-0.2, 0) is 6.42 Å². The molecule has 0 bridgehead atoms. The summed E-state index contributed by atoms with van der Waals surface area (Å²) in [7, 11) is 0. The normalized spacial score (nSPS) is 16.0. The average Bonchev–Trinajstić information content (AvgIpc) is 2.06. The molecule has 57 valence electrons. The molecule has 0 fully saturated rings. The lowest BCUT2D eigenvalue weighted by atomic mass is 9.91. The Balaban J connectivity index is 2.49. The van der Waals surface area contributed by atoms with E-state index in [1.165, 1.54) is 12.0 Å². The highest BCUT2D eigenvalue weighted by Gasteiger charge is 2.11. The van der Waals surface area contributed by atoms with Crippen LogP contribution in [0.25, 0.3) is 0 Å². The lowest BCUT2D eigenvalue weighted by molar-refractivity contribution is 0.468. The van der Waals surface area contributed by atoms with E-state index in [1.54, 1.807) is 6.07 Å². The van der Waals surface area contributed by atoms with Crippen molar-refractivity contribution in [3.8, 4) is 5.75 Å². The van der Waals surface area contributed by atoms with Crippen LogP contribution < -0.4 is 0 Å². The first-order valence-electron chi connectivity index (χ1n) is 4.02. The number of aromatic hydroxyl groups is 1. The molecule has 1 aromatic rings. The maximum atomic E-state index is 9.43. The summed E-state index contributed by atoms with van der Waals surface area (Å²) in [6, 6.07) is 5.75. The van der Waals surface area contributed by atoms with Gasteiger partial charge in [-0.1, -0.05) is 12.1 Å². The van der Waals surface area contributed by atoms with E-state index in [0.717, 1.165) is 18.4 Å². The molecule has 0 saturated carbocycles. The van der Waals surface area contributed by atoms with Crippen LogP contribution in [0.15, 0.2) is 18.2 Å². The minimum atomic E-state index is 0.433. The van der Waals surface area contributed by atoms with Crippen LogP contribution in [0.3, 0.4) is 0 Å². The zero-order valence-corrected chi connectivity index (χ0v) is 6.38. The van der Waals surface area contributed by atoms with Gasteiger partial charge in [0.25, 0.3) is 0 Å². The Morgan fingerprint density at radius 1 is 1.27 bits per heavy atom. The highest BCUT2D eigenvalue weighted by Crippen LogP contribution is 2.29. The van der Waals surface area contributed by atoms with Crippen LogP contribution in [0.1, 0.15) is 24.0 Å². The second kappa shape index (κ2) is 2.57. The van der Waals surface area contributed by atoms with E-state index in [2.05, 4.69) is 12.5 Å². The van der Waals surface area contributed by atoms with Crippen molar-refractivity contribution in [1.82, 2.24) is 0 Å². The first kappa shape index (κ1) is 6.71. The Kier molecular flexibility index (Phi) is 1.57. The van der Waals surface area contributed by atoms with Crippen LogP contribution in [0.4, 0.5) is 0 Å². The van der Waals surface area contributed by atoms with E-state index in [1.807, 2.05) is 6.07 Å². The minimum Gasteiger partial charge on any atom is -0.508 e. The molecule has 0 heterocycles. The fourth-order valence-electron chi connectivity index (χ4n) is 1.59. The van der Waals surface area contributed by atoms with Gasteiger partial charge in [-0.05, 0) is 37.3 Å². The number of phenols is 1. The van der Waals surface area contributed by atoms with Gasteiger partial charge in [-0.2, -0.15) is 0 Å². The monoisotopic (exact) mass is 147 g/mol. The first-order chi connectivity index (χ1) is 5.38. The predicted molar refractivity (Wildman–Crippen MR) is 44.4 cm³/mol. The van der Waals surface area contributed by atoms with Crippen molar-refractivity contribution in [2.45, 2.75) is 19.3 Å². The number of hydrogen-bond acceptors (Lipinski definition) is 1. The van der Waals surface area contributed by atoms with Gasteiger partial charge in [0.15, 0.2) is 0 Å². The highest BCUT2D eigenvalue weighted by molar-refractivity contribution is 5.45. The Morgan fingerprint density at radius 2 is 2.18 bits per heavy atom. The van der Waals surface area contributed by atoms with Crippen molar-refractivity contribution in [3.05, 3.63) is 35.7 Å². The third-order valence-electron chi connectivity index (χ3n) is 2.17. The van der Waals surface area contributed by atoms with Gasteiger partial charge in [-0.15, -0.1) is 0 Å². The van der Waals surface area contributed by atoms with Gasteiger partial charge in [0.1, 0.15) is 5.75 Å². The zero-order chi connectivity index (χ0) is 7.68. The summed E-state index contributed by atoms with van der Waals surface area (Å²) in [4.78, 5) is 0. The Morgan fingerprint density at radius 3 is 3.00 bits per heavy atom. The molecule has 1 aliphatic rings. The van der Waals surface area contributed by atoms with Crippen LogP contribution >= 0.6 is 0 Å². The van der Waals surface area contributed by atoms with Gasteiger partial charge in [-0.3, -0.25) is 0 Å². The smallest absolute Gasteiger partial charge is 0.119 e. The molecule has 11 heavy (non-hydrogen) atoms. The van der Waals surface area contributed by atoms with Gasteiger partial charge in [0, 0.05) is 5.56 Å². The Labute approximate surface area is 66.7 Å². The van der Waals surface area contributed by atoms with E-state index < -0.39 is 0 Å². The SMILES string of the molecule is Oc1cccc2c1[CH]CCC2. The van der Waals surface area contributed by atoms with Crippen molar-refractivity contribution in [1.29, 1.82) is 0 Å². The number of rotatable bonds is 0. The summed E-state index contributed by atoms with van der Waals surface area (Å²) in [5.41, 5.74) is 2.34. The van der Waals surface area contributed by atoms with Crippen molar-refractivity contribution >= 4 is 0 Å². The molecule has 0 saturated heterocycles.